The van der Waals surface area contributed by atoms with Gasteiger partial charge < -0.3 is 29.6 Å². The van der Waals surface area contributed by atoms with Crippen LogP contribution in [0.2, 0.25) is 0 Å². The van der Waals surface area contributed by atoms with Gasteiger partial charge >= 0.3 is 0 Å². The highest BCUT2D eigenvalue weighted by Gasteiger charge is 2.25. The third-order valence-corrected chi connectivity index (χ3v) is 10.3. The van der Waals surface area contributed by atoms with E-state index in [2.05, 4.69) is 56.4 Å². The van der Waals surface area contributed by atoms with Gasteiger partial charge in [-0.15, -0.1) is 0 Å². The number of rotatable bonds is 12. The van der Waals surface area contributed by atoms with E-state index in [4.69, 9.17) is 38.0 Å². The lowest BCUT2D eigenvalue weighted by atomic mass is 9.52. The zero-order valence-electron chi connectivity index (χ0n) is 28.3. The Labute approximate surface area is 303 Å². The molecule has 1 saturated heterocycles. The van der Waals surface area contributed by atoms with Gasteiger partial charge in [-0.2, -0.15) is 10.1 Å². The summed E-state index contributed by atoms with van der Waals surface area (Å²) < 4.78 is 27.1. The van der Waals surface area contributed by atoms with Crippen molar-refractivity contribution in [3.63, 3.8) is 0 Å². The van der Waals surface area contributed by atoms with E-state index >= 15 is 0 Å². The summed E-state index contributed by atoms with van der Waals surface area (Å²) in [6, 6.07) is 7.73. The Morgan fingerprint density at radius 3 is 2.44 bits per heavy atom. The molecule has 4 heterocycles. The molecule has 13 nitrogen and oxygen atoms in total. The van der Waals surface area contributed by atoms with Crippen LogP contribution in [-0.4, -0.2) is 123 Å². The van der Waals surface area contributed by atoms with E-state index in [1.54, 1.807) is 43.7 Å². The van der Waals surface area contributed by atoms with Crippen molar-refractivity contribution in [2.24, 2.45) is 7.05 Å². The van der Waals surface area contributed by atoms with Crippen molar-refractivity contribution >= 4 is 91.8 Å². The van der Waals surface area contributed by atoms with E-state index in [0.717, 1.165) is 43.0 Å². The average Bonchev–Trinajstić information content (AvgIpc) is 3.51. The molecule has 0 atom stereocenters. The number of hydrogen-bond acceptors (Lipinski definition) is 12. The van der Waals surface area contributed by atoms with Crippen molar-refractivity contribution in [2.75, 3.05) is 75.3 Å². The summed E-state index contributed by atoms with van der Waals surface area (Å²) in [4.78, 5) is 22.8. The minimum Gasteiger partial charge on any atom is -0.494 e. The Kier molecular flexibility index (Phi) is 10.6. The number of aryl methyl sites for hydroxylation is 1. The molecule has 0 spiro atoms. The molecule has 0 amide bonds. The van der Waals surface area contributed by atoms with E-state index in [0.29, 0.717) is 62.9 Å². The van der Waals surface area contributed by atoms with Crippen LogP contribution in [0.1, 0.15) is 0 Å². The lowest BCUT2D eigenvalue weighted by Gasteiger charge is -2.37. The third-order valence-electron chi connectivity index (χ3n) is 8.20. The number of hydrogen-bond donors (Lipinski definition) is 2. The van der Waals surface area contributed by atoms with Gasteiger partial charge in [0.15, 0.2) is 0 Å². The Morgan fingerprint density at radius 1 is 1.00 bits per heavy atom. The smallest absolute Gasteiger partial charge is 0.229 e. The lowest BCUT2D eigenvalue weighted by Crippen LogP contribution is -2.48. The number of anilines is 5. The zero-order chi connectivity index (χ0) is 35.6. The summed E-state index contributed by atoms with van der Waals surface area (Å²) >= 11 is 3.57. The fraction of sp³-hybridized carbons (Fsp3) is 0.344. The Balaban J connectivity index is 1.29. The quantitative estimate of drug-likeness (QED) is 0.143. The molecule has 252 valence electrons. The standard InChI is InChI=1S/C32H35B3BrN10O3P/c1-44-19-20(17-40-44)21-15-25(27(48-2)16-26(21)46-11-9-45(10-12-46)13-14-49-32(33,34)35)42-31-39-18-22(36)30(43-31)41-24-6-5-23-28(38-8-7-37-23)29(24)50(3,4)47/h5-8,15-19H,9-14H2,1-4H3,(H2,39,41,42,43). The van der Waals surface area contributed by atoms with Crippen molar-refractivity contribution in [3.8, 4) is 16.9 Å². The summed E-state index contributed by atoms with van der Waals surface area (Å²) in [6.45, 7) is 7.60. The molecule has 5 aromatic rings. The molecule has 3 aromatic heterocycles. The van der Waals surface area contributed by atoms with Crippen LogP contribution >= 0.6 is 23.1 Å². The number of aromatic nitrogens is 6. The molecule has 0 unspecified atom stereocenters. The predicted octanol–water partition coefficient (Wildman–Crippen LogP) is 3.58. The number of nitrogens with zero attached hydrogens (tertiary/aromatic N) is 8. The molecule has 1 aliphatic heterocycles. The SMILES string of the molecule is [B]C([B])([B])OCCN1CCN(c2cc(OC)c(Nc3ncc(Br)c(Nc4ccc5nccnc5c4P(C)(C)=O)n3)cc2-c2cnn(C)c2)CC1. The van der Waals surface area contributed by atoms with Crippen LogP contribution in [-0.2, 0) is 16.3 Å². The first kappa shape index (κ1) is 35.9. The number of halogens is 1. The fourth-order valence-electron chi connectivity index (χ4n) is 5.88. The van der Waals surface area contributed by atoms with Crippen LogP contribution in [0.25, 0.3) is 22.2 Å². The number of piperazine rings is 1. The van der Waals surface area contributed by atoms with Crippen LogP contribution in [0.5, 0.6) is 5.75 Å². The number of methoxy groups -OCH3 is 1. The Bertz CT molecular complexity index is 2050. The van der Waals surface area contributed by atoms with Gasteiger partial charge in [-0.1, -0.05) is 0 Å². The maximum atomic E-state index is 13.5. The highest BCUT2D eigenvalue weighted by atomic mass is 79.9. The number of fused-ring (bicyclic) bond motifs is 1. The minimum atomic E-state index is -2.78. The minimum absolute atomic E-state index is 0.324. The second kappa shape index (κ2) is 14.8. The van der Waals surface area contributed by atoms with Gasteiger partial charge in [-0.05, 0) is 52.8 Å². The van der Waals surface area contributed by atoms with E-state index in [-0.39, 0.29) is 0 Å². The average molecular weight is 751 g/mol. The van der Waals surface area contributed by atoms with Crippen molar-refractivity contribution in [1.29, 1.82) is 0 Å². The van der Waals surface area contributed by atoms with Crippen LogP contribution < -0.4 is 25.6 Å². The van der Waals surface area contributed by atoms with E-state index in [1.807, 2.05) is 43.7 Å². The molecular weight excluding hydrogens is 716 g/mol. The second-order valence-electron chi connectivity index (χ2n) is 12.4. The lowest BCUT2D eigenvalue weighted by molar-refractivity contribution is 0.0965. The molecule has 50 heavy (non-hydrogen) atoms. The van der Waals surface area contributed by atoms with Crippen LogP contribution in [0.15, 0.2) is 59.7 Å². The van der Waals surface area contributed by atoms with Gasteiger partial charge in [0.1, 0.15) is 24.2 Å². The summed E-state index contributed by atoms with van der Waals surface area (Å²) in [5.41, 5.74) is 5.46. The molecule has 0 saturated carbocycles. The molecular formula is C32H35B3BrN10O3P. The monoisotopic (exact) mass is 750 g/mol. The van der Waals surface area contributed by atoms with Gasteiger partial charge in [0.05, 0.1) is 70.1 Å². The number of ether oxygens (including phenoxy) is 2. The molecule has 6 radical (unpaired) electrons. The molecule has 0 aliphatic carbocycles. The fourth-order valence-corrected chi connectivity index (χ4v) is 7.57. The molecule has 1 aliphatic rings. The third kappa shape index (κ3) is 8.34. The molecule has 2 aromatic carbocycles. The topological polar surface area (TPSA) is 135 Å². The molecule has 2 N–H and O–H groups in total. The van der Waals surface area contributed by atoms with Crippen LogP contribution in [0, 0.1) is 0 Å². The Hall–Kier alpha value is -3.91. The summed E-state index contributed by atoms with van der Waals surface area (Å²) in [5.74, 6) is 1.41. The molecule has 1 fully saturated rings. The van der Waals surface area contributed by atoms with E-state index < -0.39 is 12.4 Å². The van der Waals surface area contributed by atoms with Gasteiger partial charge in [0, 0.05) is 87.4 Å². The summed E-state index contributed by atoms with van der Waals surface area (Å²) in [6.07, 6.45) is 8.68. The first-order valence-electron chi connectivity index (χ1n) is 15.8. The second-order valence-corrected chi connectivity index (χ2v) is 16.4. The van der Waals surface area contributed by atoms with Gasteiger partial charge in [0.2, 0.25) is 5.95 Å². The van der Waals surface area contributed by atoms with Crippen LogP contribution in [0.3, 0.4) is 0 Å². The van der Waals surface area contributed by atoms with Crippen molar-refractivity contribution in [1.82, 2.24) is 34.6 Å². The Morgan fingerprint density at radius 2 is 1.76 bits per heavy atom. The van der Waals surface area contributed by atoms with Crippen molar-refractivity contribution in [2.45, 2.75) is 5.30 Å². The zero-order valence-corrected chi connectivity index (χ0v) is 30.8. The maximum absolute atomic E-state index is 13.5. The highest BCUT2D eigenvalue weighted by molar-refractivity contribution is 9.10. The maximum Gasteiger partial charge on any atom is 0.229 e. The normalized spacial score (nSPS) is 14.2. The van der Waals surface area contributed by atoms with Gasteiger partial charge in [-0.3, -0.25) is 19.5 Å². The highest BCUT2D eigenvalue weighted by Crippen LogP contribution is 2.42. The largest absolute Gasteiger partial charge is 0.494 e. The predicted molar refractivity (Wildman–Crippen MR) is 205 cm³/mol. The van der Waals surface area contributed by atoms with Gasteiger partial charge in [-0.25, -0.2) is 4.98 Å². The van der Waals surface area contributed by atoms with Crippen LogP contribution in [0.4, 0.5) is 28.8 Å². The number of benzene rings is 2. The number of nitrogens with one attached hydrogen (secondary N) is 2. The first-order chi connectivity index (χ1) is 23.8. The van der Waals surface area contributed by atoms with E-state index in [1.165, 1.54) is 0 Å². The summed E-state index contributed by atoms with van der Waals surface area (Å²) in [7, 11) is 17.4. The van der Waals surface area contributed by atoms with E-state index in [9.17, 15) is 4.57 Å². The van der Waals surface area contributed by atoms with Crippen molar-refractivity contribution < 1.29 is 14.0 Å². The first-order valence-corrected chi connectivity index (χ1v) is 19.2. The van der Waals surface area contributed by atoms with Gasteiger partial charge in [0.25, 0.3) is 0 Å². The molecule has 0 bridgehead atoms. The molecule has 18 heteroatoms. The van der Waals surface area contributed by atoms with Crippen molar-refractivity contribution in [3.05, 3.63) is 59.7 Å². The molecule has 6 rings (SSSR count). The summed E-state index contributed by atoms with van der Waals surface area (Å²) in [5, 5.41) is 10.1.